The van der Waals surface area contributed by atoms with Gasteiger partial charge >= 0.3 is 0 Å². The minimum atomic E-state index is 0.763. The minimum Gasteiger partial charge on any atom is -0.326 e. The number of thiazole rings is 1. The summed E-state index contributed by atoms with van der Waals surface area (Å²) in [5.74, 6) is 0. The zero-order valence-electron chi connectivity index (χ0n) is 6.37. The number of hydrogen-bond donors (Lipinski definition) is 0. The number of hydrogen-bond acceptors (Lipinski definition) is 2. The Kier molecular flexibility index (Phi) is 1.94. The normalized spacial score (nSPS) is 10.8. The molecular formula is C8H6ClNS2. The van der Waals surface area contributed by atoms with Crippen LogP contribution in [0.15, 0.2) is 18.2 Å². The molecule has 0 unspecified atom stereocenters. The van der Waals surface area contributed by atoms with Gasteiger partial charge in [-0.25, -0.2) is 0 Å². The van der Waals surface area contributed by atoms with Crippen LogP contribution in [0.1, 0.15) is 0 Å². The number of aromatic nitrogens is 1. The Bertz CT molecular complexity index is 483. The van der Waals surface area contributed by atoms with Crippen LogP contribution in [0.4, 0.5) is 0 Å². The molecule has 0 amide bonds. The third-order valence-corrected chi connectivity index (χ3v) is 3.51. The smallest absolute Gasteiger partial charge is 0.161 e. The predicted molar refractivity (Wildman–Crippen MR) is 56.6 cm³/mol. The van der Waals surface area contributed by atoms with Gasteiger partial charge in [-0.05, 0) is 30.4 Å². The van der Waals surface area contributed by atoms with Gasteiger partial charge in [0, 0.05) is 12.1 Å². The van der Waals surface area contributed by atoms with E-state index < -0.39 is 0 Å². The van der Waals surface area contributed by atoms with E-state index in [0.29, 0.717) is 0 Å². The molecule has 0 aliphatic heterocycles. The zero-order chi connectivity index (χ0) is 8.72. The average molecular weight is 216 g/mol. The van der Waals surface area contributed by atoms with Crippen LogP contribution in [0, 0.1) is 3.95 Å². The number of aryl methyl sites for hydroxylation is 1. The SMILES string of the molecule is Cn1c(=S)sc2cc(Cl)ccc21. The lowest BCUT2D eigenvalue weighted by molar-refractivity contribution is 0.964. The molecule has 0 atom stereocenters. The fourth-order valence-electron chi connectivity index (χ4n) is 1.11. The maximum atomic E-state index is 5.84. The predicted octanol–water partition coefficient (Wildman–Crippen LogP) is 3.62. The van der Waals surface area contributed by atoms with Crippen molar-refractivity contribution in [2.24, 2.45) is 7.05 Å². The first kappa shape index (κ1) is 8.23. The Morgan fingerprint density at radius 1 is 1.50 bits per heavy atom. The van der Waals surface area contributed by atoms with Crippen LogP contribution < -0.4 is 0 Å². The standard InChI is InChI=1S/C8H6ClNS2/c1-10-6-3-2-5(9)4-7(6)12-8(10)11/h2-4H,1H3. The Morgan fingerprint density at radius 3 is 3.00 bits per heavy atom. The maximum Gasteiger partial charge on any atom is 0.161 e. The first-order valence-electron chi connectivity index (χ1n) is 3.43. The van der Waals surface area contributed by atoms with Crippen LogP contribution in [-0.2, 0) is 7.05 Å². The van der Waals surface area contributed by atoms with Crippen molar-refractivity contribution in [3.8, 4) is 0 Å². The molecule has 1 aromatic carbocycles. The summed E-state index contributed by atoms with van der Waals surface area (Å²) in [5.41, 5.74) is 1.15. The lowest BCUT2D eigenvalue weighted by Crippen LogP contribution is -1.84. The third kappa shape index (κ3) is 1.18. The van der Waals surface area contributed by atoms with Crippen molar-refractivity contribution in [3.63, 3.8) is 0 Å². The minimum absolute atomic E-state index is 0.763. The van der Waals surface area contributed by atoms with E-state index in [0.717, 1.165) is 19.2 Å². The molecule has 2 aromatic rings. The second-order valence-electron chi connectivity index (χ2n) is 2.54. The molecule has 2 rings (SSSR count). The molecular weight excluding hydrogens is 210 g/mol. The number of nitrogens with zero attached hydrogens (tertiary/aromatic N) is 1. The Balaban J connectivity index is 2.96. The van der Waals surface area contributed by atoms with Gasteiger partial charge in [-0.3, -0.25) is 0 Å². The quantitative estimate of drug-likeness (QED) is 0.608. The van der Waals surface area contributed by atoms with Gasteiger partial charge in [-0.15, -0.1) is 11.3 Å². The van der Waals surface area contributed by atoms with Crippen molar-refractivity contribution >= 4 is 45.4 Å². The van der Waals surface area contributed by atoms with Crippen molar-refractivity contribution in [2.75, 3.05) is 0 Å². The van der Waals surface area contributed by atoms with E-state index in [2.05, 4.69) is 0 Å². The van der Waals surface area contributed by atoms with Gasteiger partial charge in [0.15, 0.2) is 3.95 Å². The van der Waals surface area contributed by atoms with Gasteiger partial charge in [0.05, 0.1) is 10.2 Å². The third-order valence-electron chi connectivity index (χ3n) is 1.75. The van der Waals surface area contributed by atoms with E-state index in [1.165, 1.54) is 0 Å². The molecule has 4 heteroatoms. The molecule has 0 N–H and O–H groups in total. The highest BCUT2D eigenvalue weighted by Crippen LogP contribution is 2.24. The van der Waals surface area contributed by atoms with Crippen molar-refractivity contribution in [1.29, 1.82) is 0 Å². The number of rotatable bonds is 0. The number of fused-ring (bicyclic) bond motifs is 1. The highest BCUT2D eigenvalue weighted by molar-refractivity contribution is 7.73. The van der Waals surface area contributed by atoms with Gasteiger partial charge in [0.2, 0.25) is 0 Å². The lowest BCUT2D eigenvalue weighted by Gasteiger charge is -1.93. The maximum absolute atomic E-state index is 5.84. The molecule has 1 heterocycles. The van der Waals surface area contributed by atoms with Gasteiger partial charge in [0.25, 0.3) is 0 Å². The fraction of sp³-hybridized carbons (Fsp3) is 0.125. The molecule has 62 valence electrons. The van der Waals surface area contributed by atoms with E-state index in [1.807, 2.05) is 29.8 Å². The fourth-order valence-corrected chi connectivity index (χ4v) is 2.63. The molecule has 1 nitrogen and oxygen atoms in total. The topological polar surface area (TPSA) is 4.93 Å². The van der Waals surface area contributed by atoms with Crippen molar-refractivity contribution in [2.45, 2.75) is 0 Å². The van der Waals surface area contributed by atoms with Crippen molar-refractivity contribution < 1.29 is 0 Å². The van der Waals surface area contributed by atoms with Crippen LogP contribution >= 0.6 is 35.2 Å². The van der Waals surface area contributed by atoms with Gasteiger partial charge in [-0.1, -0.05) is 11.6 Å². The van der Waals surface area contributed by atoms with E-state index in [1.54, 1.807) is 11.3 Å². The zero-order valence-corrected chi connectivity index (χ0v) is 8.76. The Labute approximate surface area is 84.2 Å². The molecule has 0 saturated carbocycles. The van der Waals surface area contributed by atoms with E-state index in [4.69, 9.17) is 23.8 Å². The summed E-state index contributed by atoms with van der Waals surface area (Å²) in [4.78, 5) is 0. The highest BCUT2D eigenvalue weighted by atomic mass is 35.5. The second-order valence-corrected chi connectivity index (χ2v) is 4.65. The first-order chi connectivity index (χ1) is 5.68. The molecule has 0 fully saturated rings. The van der Waals surface area contributed by atoms with Crippen LogP contribution in [0.3, 0.4) is 0 Å². The van der Waals surface area contributed by atoms with Crippen LogP contribution in [-0.4, -0.2) is 4.57 Å². The molecule has 1 aromatic heterocycles. The molecule has 0 saturated heterocycles. The molecule has 0 bridgehead atoms. The highest BCUT2D eigenvalue weighted by Gasteiger charge is 2.00. The molecule has 12 heavy (non-hydrogen) atoms. The van der Waals surface area contributed by atoms with Crippen molar-refractivity contribution in [3.05, 3.63) is 27.2 Å². The molecule has 0 aliphatic carbocycles. The summed E-state index contributed by atoms with van der Waals surface area (Å²) in [5, 5.41) is 0.763. The monoisotopic (exact) mass is 215 g/mol. The van der Waals surface area contributed by atoms with E-state index in [9.17, 15) is 0 Å². The second kappa shape index (κ2) is 2.83. The Hall–Kier alpha value is -0.380. The van der Waals surface area contributed by atoms with Crippen LogP contribution in [0.5, 0.6) is 0 Å². The number of halogens is 1. The lowest BCUT2D eigenvalue weighted by atomic mass is 10.3. The summed E-state index contributed by atoms with van der Waals surface area (Å²) in [6.07, 6.45) is 0. The van der Waals surface area contributed by atoms with E-state index in [-0.39, 0.29) is 0 Å². The largest absolute Gasteiger partial charge is 0.326 e. The summed E-state index contributed by atoms with van der Waals surface area (Å²) in [6.45, 7) is 0. The summed E-state index contributed by atoms with van der Waals surface area (Å²) >= 11 is 12.6. The summed E-state index contributed by atoms with van der Waals surface area (Å²) in [7, 11) is 1.97. The average Bonchev–Trinajstić information content (AvgIpc) is 2.28. The molecule has 0 radical (unpaired) electrons. The Morgan fingerprint density at radius 2 is 2.25 bits per heavy atom. The first-order valence-corrected chi connectivity index (χ1v) is 5.04. The van der Waals surface area contributed by atoms with Crippen LogP contribution in [0.25, 0.3) is 10.2 Å². The van der Waals surface area contributed by atoms with Gasteiger partial charge in [-0.2, -0.15) is 0 Å². The van der Waals surface area contributed by atoms with Crippen molar-refractivity contribution in [1.82, 2.24) is 4.57 Å². The summed E-state index contributed by atoms with van der Waals surface area (Å²) in [6, 6.07) is 5.81. The van der Waals surface area contributed by atoms with Gasteiger partial charge < -0.3 is 4.57 Å². The van der Waals surface area contributed by atoms with Gasteiger partial charge in [0.1, 0.15) is 0 Å². The molecule has 0 aliphatic rings. The number of benzene rings is 1. The summed E-state index contributed by atoms with van der Waals surface area (Å²) < 4.78 is 4.02. The molecule has 0 spiro atoms. The van der Waals surface area contributed by atoms with E-state index >= 15 is 0 Å². The van der Waals surface area contributed by atoms with Crippen LogP contribution in [0.2, 0.25) is 5.02 Å².